The minimum Gasteiger partial charge on any atom is -0.481 e. The highest BCUT2D eigenvalue weighted by molar-refractivity contribution is 5.85. The van der Waals surface area contributed by atoms with E-state index in [0.29, 0.717) is 0 Å². The number of hydrogen-bond donors (Lipinski definition) is 1. The SMILES string of the molecule is Cc1cccc(N(C)C)c1C1(C(=O)O)CCCCC1. The Kier molecular flexibility index (Phi) is 3.83. The third-order valence-electron chi connectivity index (χ3n) is 4.33. The minimum absolute atomic E-state index is 0.662. The molecular formula is C16H23NO2. The van der Waals surface area contributed by atoms with E-state index in [1.54, 1.807) is 0 Å². The van der Waals surface area contributed by atoms with Gasteiger partial charge in [-0.25, -0.2) is 0 Å². The van der Waals surface area contributed by atoms with Gasteiger partial charge in [0.05, 0.1) is 5.41 Å². The molecule has 1 aliphatic carbocycles. The maximum atomic E-state index is 12.0. The molecule has 0 heterocycles. The highest BCUT2D eigenvalue weighted by atomic mass is 16.4. The Morgan fingerprint density at radius 2 is 1.84 bits per heavy atom. The molecule has 0 bridgehead atoms. The Hall–Kier alpha value is -1.51. The molecule has 104 valence electrons. The molecule has 0 spiro atoms. The van der Waals surface area contributed by atoms with Crippen molar-refractivity contribution in [3.8, 4) is 0 Å². The summed E-state index contributed by atoms with van der Waals surface area (Å²) in [7, 11) is 3.97. The zero-order valence-corrected chi connectivity index (χ0v) is 12.1. The van der Waals surface area contributed by atoms with Crippen LogP contribution in [-0.4, -0.2) is 25.2 Å². The summed E-state index contributed by atoms with van der Waals surface area (Å²) < 4.78 is 0. The summed E-state index contributed by atoms with van der Waals surface area (Å²) in [6, 6.07) is 6.07. The second kappa shape index (κ2) is 5.24. The molecule has 0 unspecified atom stereocenters. The van der Waals surface area contributed by atoms with Crippen molar-refractivity contribution in [3.05, 3.63) is 29.3 Å². The molecule has 2 rings (SSSR count). The van der Waals surface area contributed by atoms with Crippen LogP contribution in [0.3, 0.4) is 0 Å². The summed E-state index contributed by atoms with van der Waals surface area (Å²) in [6.07, 6.45) is 4.68. The summed E-state index contributed by atoms with van der Waals surface area (Å²) in [4.78, 5) is 14.0. The molecule has 0 atom stereocenters. The van der Waals surface area contributed by atoms with Gasteiger partial charge in [0.1, 0.15) is 0 Å². The standard InChI is InChI=1S/C16H23NO2/c1-12-8-7-9-13(17(2)3)14(12)16(15(18)19)10-5-4-6-11-16/h7-9H,4-6,10-11H2,1-3H3,(H,18,19). The Labute approximate surface area is 115 Å². The number of carbonyl (C=O) groups is 1. The fraction of sp³-hybridized carbons (Fsp3) is 0.562. The van der Waals surface area contributed by atoms with Crippen LogP contribution >= 0.6 is 0 Å². The first-order chi connectivity index (χ1) is 8.99. The van der Waals surface area contributed by atoms with E-state index in [4.69, 9.17) is 0 Å². The largest absolute Gasteiger partial charge is 0.481 e. The van der Waals surface area contributed by atoms with Gasteiger partial charge in [-0.3, -0.25) is 4.79 Å². The van der Waals surface area contributed by atoms with Gasteiger partial charge in [-0.05, 0) is 37.0 Å². The number of nitrogens with zero attached hydrogens (tertiary/aromatic N) is 1. The molecule has 0 saturated heterocycles. The summed E-state index contributed by atoms with van der Waals surface area (Å²) in [5.74, 6) is -0.662. The van der Waals surface area contributed by atoms with Crippen molar-refractivity contribution in [3.63, 3.8) is 0 Å². The van der Waals surface area contributed by atoms with E-state index < -0.39 is 11.4 Å². The van der Waals surface area contributed by atoms with Crippen LogP contribution in [0, 0.1) is 6.92 Å². The maximum Gasteiger partial charge on any atom is 0.314 e. The molecule has 3 heteroatoms. The molecule has 1 saturated carbocycles. The Balaban J connectivity index is 2.62. The summed E-state index contributed by atoms with van der Waals surface area (Å²) in [5.41, 5.74) is 2.47. The van der Waals surface area contributed by atoms with Crippen LogP contribution < -0.4 is 4.90 Å². The lowest BCUT2D eigenvalue weighted by molar-refractivity contribution is -0.145. The molecule has 0 aliphatic heterocycles. The average molecular weight is 261 g/mol. The maximum absolute atomic E-state index is 12.0. The first-order valence-electron chi connectivity index (χ1n) is 7.00. The number of carboxylic acid groups (broad SMARTS) is 1. The number of hydrogen-bond acceptors (Lipinski definition) is 2. The summed E-state index contributed by atoms with van der Waals surface area (Å²) in [5, 5.41) is 9.85. The van der Waals surface area contributed by atoms with Crippen LogP contribution in [0.2, 0.25) is 0 Å². The van der Waals surface area contributed by atoms with Gasteiger partial charge in [0, 0.05) is 19.8 Å². The molecule has 1 N–H and O–H groups in total. The van der Waals surface area contributed by atoms with E-state index in [-0.39, 0.29) is 0 Å². The van der Waals surface area contributed by atoms with Crippen molar-refractivity contribution in [2.75, 3.05) is 19.0 Å². The third-order valence-corrected chi connectivity index (χ3v) is 4.33. The monoisotopic (exact) mass is 261 g/mol. The predicted octanol–water partition coefficient (Wildman–Crippen LogP) is 3.35. The molecule has 0 amide bonds. The van der Waals surface area contributed by atoms with Gasteiger partial charge in [0.2, 0.25) is 0 Å². The average Bonchev–Trinajstić information content (AvgIpc) is 2.38. The number of carboxylic acids is 1. The smallest absolute Gasteiger partial charge is 0.314 e. The lowest BCUT2D eigenvalue weighted by Gasteiger charge is -2.37. The van der Waals surface area contributed by atoms with E-state index in [0.717, 1.165) is 48.9 Å². The fourth-order valence-corrected chi connectivity index (χ4v) is 3.37. The van der Waals surface area contributed by atoms with Crippen molar-refractivity contribution in [2.45, 2.75) is 44.4 Å². The van der Waals surface area contributed by atoms with E-state index in [1.807, 2.05) is 44.1 Å². The molecule has 1 aliphatic rings. The second-order valence-corrected chi connectivity index (χ2v) is 5.81. The summed E-state index contributed by atoms with van der Waals surface area (Å²) >= 11 is 0. The number of anilines is 1. The van der Waals surface area contributed by atoms with Crippen LogP contribution in [0.15, 0.2) is 18.2 Å². The second-order valence-electron chi connectivity index (χ2n) is 5.81. The van der Waals surface area contributed by atoms with E-state index in [9.17, 15) is 9.90 Å². The van der Waals surface area contributed by atoms with Crippen LogP contribution in [0.1, 0.15) is 43.2 Å². The normalized spacial score (nSPS) is 18.1. The Morgan fingerprint density at radius 3 is 2.37 bits per heavy atom. The molecule has 3 nitrogen and oxygen atoms in total. The zero-order valence-electron chi connectivity index (χ0n) is 12.1. The van der Waals surface area contributed by atoms with Gasteiger partial charge in [0.25, 0.3) is 0 Å². The van der Waals surface area contributed by atoms with Gasteiger partial charge in [-0.15, -0.1) is 0 Å². The quantitative estimate of drug-likeness (QED) is 0.907. The molecule has 19 heavy (non-hydrogen) atoms. The number of aryl methyl sites for hydroxylation is 1. The predicted molar refractivity (Wildman–Crippen MR) is 77.9 cm³/mol. The van der Waals surface area contributed by atoms with Crippen molar-refractivity contribution in [1.29, 1.82) is 0 Å². The van der Waals surface area contributed by atoms with Gasteiger partial charge < -0.3 is 10.0 Å². The highest BCUT2D eigenvalue weighted by Gasteiger charge is 2.43. The molecule has 1 aromatic rings. The highest BCUT2D eigenvalue weighted by Crippen LogP contribution is 2.44. The minimum atomic E-state index is -0.691. The number of aliphatic carboxylic acids is 1. The first-order valence-corrected chi connectivity index (χ1v) is 7.00. The Morgan fingerprint density at radius 1 is 1.21 bits per heavy atom. The van der Waals surface area contributed by atoms with Crippen LogP contribution in [0.25, 0.3) is 0 Å². The van der Waals surface area contributed by atoms with Crippen LogP contribution in [0.4, 0.5) is 5.69 Å². The van der Waals surface area contributed by atoms with Crippen LogP contribution in [-0.2, 0) is 10.2 Å². The molecular weight excluding hydrogens is 238 g/mol. The number of rotatable bonds is 3. The van der Waals surface area contributed by atoms with Crippen molar-refractivity contribution >= 4 is 11.7 Å². The van der Waals surface area contributed by atoms with Crippen molar-refractivity contribution in [1.82, 2.24) is 0 Å². The lowest BCUT2D eigenvalue weighted by atomic mass is 9.67. The van der Waals surface area contributed by atoms with E-state index in [1.165, 1.54) is 0 Å². The third kappa shape index (κ3) is 2.34. The molecule has 0 aromatic heterocycles. The number of benzene rings is 1. The molecule has 1 fully saturated rings. The van der Waals surface area contributed by atoms with Gasteiger partial charge in [-0.2, -0.15) is 0 Å². The molecule has 0 radical (unpaired) electrons. The Bertz CT molecular complexity index is 474. The van der Waals surface area contributed by atoms with Gasteiger partial charge >= 0.3 is 5.97 Å². The first kappa shape index (κ1) is 13.9. The topological polar surface area (TPSA) is 40.5 Å². The van der Waals surface area contributed by atoms with Crippen molar-refractivity contribution < 1.29 is 9.90 Å². The fourth-order valence-electron chi connectivity index (χ4n) is 3.37. The van der Waals surface area contributed by atoms with E-state index >= 15 is 0 Å². The lowest BCUT2D eigenvalue weighted by Crippen LogP contribution is -2.39. The van der Waals surface area contributed by atoms with Gasteiger partial charge in [0.15, 0.2) is 0 Å². The van der Waals surface area contributed by atoms with E-state index in [2.05, 4.69) is 0 Å². The van der Waals surface area contributed by atoms with Gasteiger partial charge in [-0.1, -0.05) is 31.4 Å². The molecule has 1 aromatic carbocycles. The summed E-state index contributed by atoms with van der Waals surface area (Å²) in [6.45, 7) is 2.03. The van der Waals surface area contributed by atoms with Crippen molar-refractivity contribution in [2.24, 2.45) is 0 Å². The zero-order chi connectivity index (χ0) is 14.0. The van der Waals surface area contributed by atoms with Crippen LogP contribution in [0.5, 0.6) is 0 Å².